The van der Waals surface area contributed by atoms with Crippen LogP contribution in [0.2, 0.25) is 0 Å². The van der Waals surface area contributed by atoms with Gasteiger partial charge in [-0.05, 0) is 22.6 Å². The summed E-state index contributed by atoms with van der Waals surface area (Å²) < 4.78 is 2.20. The molecule has 0 aliphatic carbocycles. The topological polar surface area (TPSA) is 34.9 Å². The molecule has 1 rings (SSSR count). The van der Waals surface area contributed by atoms with E-state index in [2.05, 4.69) is 17.6 Å². The van der Waals surface area contributed by atoms with E-state index in [4.69, 9.17) is 0 Å². The molecular weight excluding hydrogens is 275 g/mol. The zero-order chi connectivity index (χ0) is 8.27. The smallest absolute Gasteiger partial charge is 0.266 e. The number of rotatable bonds is 2. The summed E-state index contributed by atoms with van der Waals surface area (Å²) in [5.41, 5.74) is 0.00894. The monoisotopic (exact) mass is 282 g/mol. The average molecular weight is 282 g/mol. The maximum atomic E-state index is 11.2. The molecule has 1 aromatic rings. The van der Waals surface area contributed by atoms with Gasteiger partial charge in [0.2, 0.25) is 0 Å². The van der Waals surface area contributed by atoms with E-state index in [1.54, 1.807) is 10.8 Å². The van der Waals surface area contributed by atoms with Gasteiger partial charge in [-0.1, -0.05) is 0 Å². The number of hydrogen-bond acceptors (Lipinski definition) is 3. The molecule has 60 valence electrons. The molecule has 3 nitrogen and oxygen atoms in total. The van der Waals surface area contributed by atoms with Gasteiger partial charge < -0.3 is 0 Å². The lowest BCUT2D eigenvalue weighted by atomic mass is 10.6. The average Bonchev–Trinajstić information content (AvgIpc) is 1.99. The van der Waals surface area contributed by atoms with Crippen LogP contribution in [0.4, 0.5) is 0 Å². The number of halogens is 1. The van der Waals surface area contributed by atoms with Crippen LogP contribution in [0.25, 0.3) is 0 Å². The van der Waals surface area contributed by atoms with E-state index in [0.717, 1.165) is 0 Å². The summed E-state index contributed by atoms with van der Waals surface area (Å²) in [5.74, 6) is 0.654. The molecule has 0 aliphatic heterocycles. The minimum atomic E-state index is 0.00894. The fraction of sp³-hybridized carbons (Fsp3) is 0.333. The van der Waals surface area contributed by atoms with Crippen LogP contribution in [-0.2, 0) is 6.54 Å². The van der Waals surface area contributed by atoms with Crippen LogP contribution in [0.15, 0.2) is 17.3 Å². The Morgan fingerprint density at radius 1 is 1.73 bits per heavy atom. The van der Waals surface area contributed by atoms with Crippen LogP contribution < -0.4 is 5.56 Å². The lowest BCUT2D eigenvalue weighted by Crippen LogP contribution is -2.22. The van der Waals surface area contributed by atoms with Crippen molar-refractivity contribution in [2.24, 2.45) is 0 Å². The summed E-state index contributed by atoms with van der Waals surface area (Å²) in [6, 6.07) is 0. The first-order valence-corrected chi connectivity index (χ1v) is 4.77. The van der Waals surface area contributed by atoms with Crippen molar-refractivity contribution in [3.63, 3.8) is 0 Å². The van der Waals surface area contributed by atoms with E-state index >= 15 is 0 Å². The van der Waals surface area contributed by atoms with Gasteiger partial charge in [0.15, 0.2) is 0 Å². The van der Waals surface area contributed by atoms with Crippen molar-refractivity contribution in [1.29, 1.82) is 0 Å². The third kappa shape index (κ3) is 2.19. The van der Waals surface area contributed by atoms with Gasteiger partial charge in [-0.3, -0.25) is 9.36 Å². The van der Waals surface area contributed by atoms with Gasteiger partial charge in [0, 0.05) is 18.5 Å². The van der Waals surface area contributed by atoms with Crippen molar-refractivity contribution in [2.45, 2.75) is 6.54 Å². The highest BCUT2D eigenvalue weighted by Gasteiger charge is 1.97. The van der Waals surface area contributed by atoms with Crippen molar-refractivity contribution in [1.82, 2.24) is 9.55 Å². The van der Waals surface area contributed by atoms with E-state index in [1.165, 1.54) is 6.33 Å². The summed E-state index contributed by atoms with van der Waals surface area (Å²) in [6.45, 7) is 0.617. The number of nitrogens with zero attached hydrogens (tertiary/aromatic N) is 2. The van der Waals surface area contributed by atoms with Crippen molar-refractivity contribution < 1.29 is 0 Å². The Labute approximate surface area is 83.4 Å². The molecule has 0 atom stereocenters. The molecule has 0 saturated carbocycles. The first kappa shape index (κ1) is 9.05. The van der Waals surface area contributed by atoms with Crippen molar-refractivity contribution >= 4 is 35.2 Å². The Hall–Kier alpha value is -0.0400. The Balaban J connectivity index is 3.07. The van der Waals surface area contributed by atoms with Gasteiger partial charge >= 0.3 is 0 Å². The van der Waals surface area contributed by atoms with Crippen LogP contribution in [0.3, 0.4) is 0 Å². The Morgan fingerprint density at radius 2 is 2.45 bits per heavy atom. The molecule has 11 heavy (non-hydrogen) atoms. The van der Waals surface area contributed by atoms with Crippen LogP contribution >= 0.6 is 35.2 Å². The van der Waals surface area contributed by atoms with E-state index in [1.807, 2.05) is 22.6 Å². The molecule has 0 fully saturated rings. The highest BCUT2D eigenvalue weighted by Crippen LogP contribution is 1.92. The molecule has 5 heteroatoms. The summed E-state index contributed by atoms with van der Waals surface area (Å²) in [5, 5.41) is 0. The minimum absolute atomic E-state index is 0.00894. The summed E-state index contributed by atoms with van der Waals surface area (Å²) in [4.78, 5) is 15.1. The lowest BCUT2D eigenvalue weighted by molar-refractivity contribution is 0.710. The van der Waals surface area contributed by atoms with E-state index in [0.29, 0.717) is 15.9 Å². The molecule has 0 N–H and O–H groups in total. The fourth-order valence-electron chi connectivity index (χ4n) is 0.691. The maximum absolute atomic E-state index is 11.2. The SMILES string of the molecule is O=c1c(I)cncn1CCS. The lowest BCUT2D eigenvalue weighted by Gasteiger charge is -2.00. The molecular formula is C6H7IN2OS. The predicted molar refractivity (Wildman–Crippen MR) is 55.1 cm³/mol. The normalized spacial score (nSPS) is 10.0. The van der Waals surface area contributed by atoms with E-state index in [-0.39, 0.29) is 5.56 Å². The highest BCUT2D eigenvalue weighted by atomic mass is 127. The van der Waals surface area contributed by atoms with Crippen molar-refractivity contribution in [3.05, 3.63) is 26.4 Å². The van der Waals surface area contributed by atoms with Gasteiger partial charge in [0.25, 0.3) is 5.56 Å². The second kappa shape index (κ2) is 4.10. The van der Waals surface area contributed by atoms with Gasteiger partial charge in [-0.2, -0.15) is 12.6 Å². The molecule has 0 amide bonds. The number of aromatic nitrogens is 2. The second-order valence-electron chi connectivity index (χ2n) is 1.96. The Kier molecular flexibility index (Phi) is 3.38. The number of aryl methyl sites for hydroxylation is 1. The molecule has 0 bridgehead atoms. The van der Waals surface area contributed by atoms with E-state index < -0.39 is 0 Å². The maximum Gasteiger partial charge on any atom is 0.266 e. The first-order valence-electron chi connectivity index (χ1n) is 3.06. The van der Waals surface area contributed by atoms with Gasteiger partial charge in [-0.15, -0.1) is 0 Å². The second-order valence-corrected chi connectivity index (χ2v) is 3.57. The highest BCUT2D eigenvalue weighted by molar-refractivity contribution is 14.1. The number of thiol groups is 1. The third-order valence-electron chi connectivity index (χ3n) is 1.20. The molecule has 0 aliphatic rings. The Morgan fingerprint density at radius 3 is 3.09 bits per heavy atom. The van der Waals surface area contributed by atoms with Crippen LogP contribution in [0.5, 0.6) is 0 Å². The number of hydrogen-bond donors (Lipinski definition) is 1. The Bertz CT molecular complexity index is 299. The molecule has 0 aromatic carbocycles. The van der Waals surface area contributed by atoms with Crippen molar-refractivity contribution in [3.8, 4) is 0 Å². The molecule has 1 aromatic heterocycles. The molecule has 0 radical (unpaired) electrons. The summed E-state index contributed by atoms with van der Waals surface area (Å²) >= 11 is 5.99. The van der Waals surface area contributed by atoms with Gasteiger partial charge in [0.05, 0.1) is 9.90 Å². The zero-order valence-electron chi connectivity index (χ0n) is 5.70. The summed E-state index contributed by atoms with van der Waals surface area (Å²) in [6.07, 6.45) is 3.08. The molecule has 0 saturated heterocycles. The fourth-order valence-corrected chi connectivity index (χ4v) is 1.38. The predicted octanol–water partition coefficient (Wildman–Crippen LogP) is 0.778. The molecule has 1 heterocycles. The molecule has 0 spiro atoms. The first-order chi connectivity index (χ1) is 5.25. The van der Waals surface area contributed by atoms with Crippen LogP contribution in [0, 0.1) is 3.57 Å². The van der Waals surface area contributed by atoms with Crippen LogP contribution in [-0.4, -0.2) is 15.3 Å². The van der Waals surface area contributed by atoms with Gasteiger partial charge in [-0.25, -0.2) is 4.98 Å². The zero-order valence-corrected chi connectivity index (χ0v) is 8.75. The van der Waals surface area contributed by atoms with Gasteiger partial charge in [0.1, 0.15) is 0 Å². The van der Waals surface area contributed by atoms with Crippen LogP contribution in [0.1, 0.15) is 0 Å². The third-order valence-corrected chi connectivity index (χ3v) is 2.14. The van der Waals surface area contributed by atoms with E-state index in [9.17, 15) is 4.79 Å². The quantitative estimate of drug-likeness (QED) is 0.642. The molecule has 0 unspecified atom stereocenters. The standard InChI is InChI=1S/C6H7IN2OS/c7-5-3-8-4-9(1-2-11)6(5)10/h3-4,11H,1-2H2. The largest absolute Gasteiger partial charge is 0.298 e. The van der Waals surface area contributed by atoms with Crippen molar-refractivity contribution in [2.75, 3.05) is 5.75 Å². The minimum Gasteiger partial charge on any atom is -0.298 e. The summed E-state index contributed by atoms with van der Waals surface area (Å²) in [7, 11) is 0.